The minimum absolute atomic E-state index is 0.109. The average molecular weight is 519 g/mol. The second kappa shape index (κ2) is 14.5. The number of benzene rings is 2. The Morgan fingerprint density at radius 1 is 1.00 bits per heavy atom. The van der Waals surface area contributed by atoms with Gasteiger partial charge in [-0.15, -0.1) is 0 Å². The zero-order valence-corrected chi connectivity index (χ0v) is 23.1. The number of nitrogens with one attached hydrogen (secondary N) is 3. The van der Waals surface area contributed by atoms with Gasteiger partial charge in [-0.05, 0) is 48.9 Å². The van der Waals surface area contributed by atoms with Gasteiger partial charge in [-0.2, -0.15) is 0 Å². The third kappa shape index (κ3) is 8.02. The minimum Gasteiger partial charge on any atom is -0.351 e. The van der Waals surface area contributed by atoms with Gasteiger partial charge in [0, 0.05) is 20.0 Å². The van der Waals surface area contributed by atoms with Crippen LogP contribution < -0.4 is 16.0 Å². The van der Waals surface area contributed by atoms with Crippen LogP contribution in [0.4, 0.5) is 0 Å². The molecule has 0 spiro atoms. The second-order valence-electron chi connectivity index (χ2n) is 10.1. The number of nitrogens with zero attached hydrogens (tertiary/aromatic N) is 1. The average Bonchev–Trinajstić information content (AvgIpc) is 2.94. The van der Waals surface area contributed by atoms with E-state index in [1.54, 1.807) is 14.0 Å². The van der Waals surface area contributed by atoms with Gasteiger partial charge < -0.3 is 20.9 Å². The standard InChI is InChI=1S/C31H42N4O3/c1-5-22(2)28-31(38)35(4)23(3)29(36)34-27(21-24-13-7-6-8-14-24)30(37)33-20-12-18-26-16-10-9-15-25(26)17-11-19-32-28/h6-10,12-16,18,22-23,27-28,32H,5,11,17,19-21H2,1-4H3,(H,33,37)(H,34,36)/b18-12-/t22-,23+,27+,28-/m0/s1. The van der Waals surface area contributed by atoms with E-state index < -0.39 is 18.1 Å². The number of aryl methyl sites for hydroxylation is 1. The number of hydrogen-bond donors (Lipinski definition) is 3. The van der Waals surface area contributed by atoms with Crippen LogP contribution in [0.15, 0.2) is 60.7 Å². The highest BCUT2D eigenvalue weighted by Crippen LogP contribution is 2.15. The molecule has 0 aromatic heterocycles. The Bertz CT molecular complexity index is 1100. The molecule has 0 radical (unpaired) electrons. The SMILES string of the molecule is CC[C@H](C)[C@@H]1NCCCc2ccccc2/C=C\CNC(=O)[C@@H](Cc2ccccc2)NC(=O)[C@@H](C)N(C)C1=O. The van der Waals surface area contributed by atoms with E-state index in [1.165, 1.54) is 10.5 Å². The predicted octanol–water partition coefficient (Wildman–Crippen LogP) is 3.34. The number of rotatable bonds is 4. The van der Waals surface area contributed by atoms with E-state index >= 15 is 0 Å². The van der Waals surface area contributed by atoms with Crippen molar-refractivity contribution in [3.63, 3.8) is 0 Å². The van der Waals surface area contributed by atoms with E-state index in [-0.39, 0.29) is 23.6 Å². The number of likely N-dealkylation sites (N-methyl/N-ethyl adjacent to an activating group) is 1. The van der Waals surface area contributed by atoms with Gasteiger partial charge >= 0.3 is 0 Å². The maximum Gasteiger partial charge on any atom is 0.243 e. The van der Waals surface area contributed by atoms with Crippen molar-refractivity contribution in [3.05, 3.63) is 77.4 Å². The van der Waals surface area contributed by atoms with Crippen LogP contribution in [0.3, 0.4) is 0 Å². The summed E-state index contributed by atoms with van der Waals surface area (Å²) in [6.45, 7) is 6.87. The van der Waals surface area contributed by atoms with Crippen molar-refractivity contribution in [1.29, 1.82) is 0 Å². The summed E-state index contributed by atoms with van der Waals surface area (Å²) in [5, 5.41) is 9.31. The summed E-state index contributed by atoms with van der Waals surface area (Å²) in [7, 11) is 1.66. The molecular weight excluding hydrogens is 476 g/mol. The largest absolute Gasteiger partial charge is 0.351 e. The van der Waals surface area contributed by atoms with Crippen molar-refractivity contribution in [2.45, 2.75) is 64.6 Å². The van der Waals surface area contributed by atoms with Gasteiger partial charge in [0.25, 0.3) is 0 Å². The van der Waals surface area contributed by atoms with Gasteiger partial charge in [0.1, 0.15) is 12.1 Å². The molecule has 0 unspecified atom stereocenters. The minimum atomic E-state index is -0.765. The molecular formula is C31H42N4O3. The first-order valence-electron chi connectivity index (χ1n) is 13.7. The lowest BCUT2D eigenvalue weighted by atomic mass is 9.96. The van der Waals surface area contributed by atoms with Crippen molar-refractivity contribution in [1.82, 2.24) is 20.9 Å². The monoisotopic (exact) mass is 518 g/mol. The van der Waals surface area contributed by atoms with Crippen LogP contribution in [0.2, 0.25) is 0 Å². The molecule has 3 amide bonds. The molecule has 7 nitrogen and oxygen atoms in total. The number of amides is 3. The molecule has 0 saturated heterocycles. The van der Waals surface area contributed by atoms with E-state index in [4.69, 9.17) is 0 Å². The van der Waals surface area contributed by atoms with Crippen LogP contribution in [0.1, 0.15) is 50.3 Å². The zero-order valence-electron chi connectivity index (χ0n) is 23.1. The van der Waals surface area contributed by atoms with E-state index in [9.17, 15) is 14.4 Å². The van der Waals surface area contributed by atoms with E-state index in [0.717, 1.165) is 30.4 Å². The molecule has 1 heterocycles. The van der Waals surface area contributed by atoms with Crippen LogP contribution in [0.5, 0.6) is 0 Å². The number of carbonyl (C=O) groups is 3. The first kappa shape index (κ1) is 29.1. The normalized spacial score (nSPS) is 23.8. The first-order valence-corrected chi connectivity index (χ1v) is 13.7. The third-order valence-corrected chi connectivity index (χ3v) is 7.44. The van der Waals surface area contributed by atoms with E-state index in [1.807, 2.05) is 54.6 Å². The Morgan fingerprint density at radius 3 is 2.45 bits per heavy atom. The smallest absolute Gasteiger partial charge is 0.243 e. The molecule has 0 saturated carbocycles. The summed E-state index contributed by atoms with van der Waals surface area (Å²) >= 11 is 0. The summed E-state index contributed by atoms with van der Waals surface area (Å²) in [5.41, 5.74) is 3.28. The summed E-state index contributed by atoms with van der Waals surface area (Å²) in [4.78, 5) is 41.5. The molecule has 0 bridgehead atoms. The fourth-order valence-electron chi connectivity index (χ4n) is 4.63. The lowest BCUT2D eigenvalue weighted by Gasteiger charge is -2.32. The van der Waals surface area contributed by atoms with Gasteiger partial charge in [-0.25, -0.2) is 0 Å². The first-order chi connectivity index (χ1) is 18.3. The van der Waals surface area contributed by atoms with Crippen LogP contribution in [-0.4, -0.2) is 60.9 Å². The zero-order chi connectivity index (χ0) is 27.5. The lowest BCUT2D eigenvalue weighted by molar-refractivity contribution is -0.141. The quantitative estimate of drug-likeness (QED) is 0.579. The van der Waals surface area contributed by atoms with Gasteiger partial charge in [-0.1, -0.05) is 87.0 Å². The Morgan fingerprint density at radius 2 is 1.71 bits per heavy atom. The van der Waals surface area contributed by atoms with Crippen molar-refractivity contribution in [3.8, 4) is 0 Å². The van der Waals surface area contributed by atoms with Crippen LogP contribution >= 0.6 is 0 Å². The highest BCUT2D eigenvalue weighted by atomic mass is 16.2. The Labute approximate surface area is 227 Å². The topological polar surface area (TPSA) is 90.5 Å². The molecule has 2 aromatic rings. The van der Waals surface area contributed by atoms with Crippen LogP contribution in [-0.2, 0) is 27.2 Å². The van der Waals surface area contributed by atoms with E-state index in [2.05, 4.69) is 41.9 Å². The molecule has 38 heavy (non-hydrogen) atoms. The second-order valence-corrected chi connectivity index (χ2v) is 10.1. The molecule has 204 valence electrons. The van der Waals surface area contributed by atoms with Crippen molar-refractivity contribution < 1.29 is 14.4 Å². The predicted molar refractivity (Wildman–Crippen MR) is 152 cm³/mol. The summed E-state index contributed by atoms with van der Waals surface area (Å²) < 4.78 is 0. The van der Waals surface area contributed by atoms with E-state index in [0.29, 0.717) is 19.5 Å². The fourth-order valence-corrected chi connectivity index (χ4v) is 4.63. The summed E-state index contributed by atoms with van der Waals surface area (Å²) in [6.07, 6.45) is 6.90. The Kier molecular flexibility index (Phi) is 11.1. The molecule has 7 heteroatoms. The summed E-state index contributed by atoms with van der Waals surface area (Å²) in [5.74, 6) is -0.625. The van der Waals surface area contributed by atoms with Gasteiger partial charge in [0.2, 0.25) is 17.7 Å². The molecule has 1 aliphatic heterocycles. The molecule has 3 rings (SSSR count). The molecule has 1 aliphatic rings. The number of fused-ring (bicyclic) bond motifs is 1. The molecule has 0 aliphatic carbocycles. The number of hydrogen-bond acceptors (Lipinski definition) is 4. The maximum absolute atomic E-state index is 13.5. The summed E-state index contributed by atoms with van der Waals surface area (Å²) in [6, 6.07) is 15.9. The molecule has 4 atom stereocenters. The Hall–Kier alpha value is -3.45. The van der Waals surface area contributed by atoms with Gasteiger partial charge in [-0.3, -0.25) is 14.4 Å². The maximum atomic E-state index is 13.5. The third-order valence-electron chi connectivity index (χ3n) is 7.44. The fraction of sp³-hybridized carbons (Fsp3) is 0.452. The highest BCUT2D eigenvalue weighted by Gasteiger charge is 2.32. The van der Waals surface area contributed by atoms with Gasteiger partial charge in [0.15, 0.2) is 0 Å². The van der Waals surface area contributed by atoms with Crippen LogP contribution in [0, 0.1) is 5.92 Å². The van der Waals surface area contributed by atoms with Gasteiger partial charge in [0.05, 0.1) is 6.04 Å². The van der Waals surface area contributed by atoms with Crippen LogP contribution in [0.25, 0.3) is 6.08 Å². The molecule has 2 aromatic carbocycles. The lowest BCUT2D eigenvalue weighted by Crippen LogP contribution is -2.57. The van der Waals surface area contributed by atoms with Crippen molar-refractivity contribution >= 4 is 23.8 Å². The number of carbonyl (C=O) groups excluding carboxylic acids is 3. The highest BCUT2D eigenvalue weighted by molar-refractivity contribution is 5.93. The Balaban J connectivity index is 1.89. The molecule has 3 N–H and O–H groups in total. The van der Waals surface area contributed by atoms with Crippen molar-refractivity contribution in [2.24, 2.45) is 5.92 Å². The molecule has 0 fully saturated rings. The van der Waals surface area contributed by atoms with Crippen molar-refractivity contribution in [2.75, 3.05) is 20.1 Å².